The maximum Gasteiger partial charge on any atom is 0.245 e. The van der Waals surface area contributed by atoms with E-state index in [4.69, 9.17) is 28.9 Å². The van der Waals surface area contributed by atoms with Crippen molar-refractivity contribution < 1.29 is 19.5 Å². The Morgan fingerprint density at radius 2 is 1.73 bits per heavy atom. The molecular weight excluding hydrogens is 709 g/mol. The molecule has 0 radical (unpaired) electrons. The van der Waals surface area contributed by atoms with E-state index in [0.717, 1.165) is 22.0 Å². The van der Waals surface area contributed by atoms with Gasteiger partial charge in [-0.05, 0) is 80.6 Å². The van der Waals surface area contributed by atoms with E-state index in [1.54, 1.807) is 52.3 Å². The molecule has 0 saturated carbocycles. The predicted octanol–water partition coefficient (Wildman–Crippen LogP) is 4.91. The lowest BCUT2D eigenvalue weighted by Gasteiger charge is -2.38. The molecule has 0 fully saturated rings. The highest BCUT2D eigenvalue weighted by Crippen LogP contribution is 2.39. The third kappa shape index (κ3) is 9.05. The van der Waals surface area contributed by atoms with Gasteiger partial charge in [-0.1, -0.05) is 59.2 Å². The molecule has 6 N–H and O–H groups in total. The van der Waals surface area contributed by atoms with Gasteiger partial charge in [-0.15, -0.1) is 0 Å². The molecule has 2 aromatic heterocycles. The van der Waals surface area contributed by atoms with Gasteiger partial charge in [0.2, 0.25) is 17.7 Å². The minimum absolute atomic E-state index is 0.0768. The molecular formula is C37H45Cl2N7O4S. The maximum atomic E-state index is 14.6. The number of pyridine rings is 1. The van der Waals surface area contributed by atoms with Gasteiger partial charge in [0.25, 0.3) is 0 Å². The fourth-order valence-corrected chi connectivity index (χ4v) is 8.03. The first kappa shape index (κ1) is 38.6. The Balaban J connectivity index is 1.62. The van der Waals surface area contributed by atoms with Gasteiger partial charge in [0, 0.05) is 66.8 Å². The number of halogens is 2. The Bertz CT molecular complexity index is 1880. The zero-order valence-electron chi connectivity index (χ0n) is 29.2. The average molecular weight is 755 g/mol. The number of nitrogens with two attached hydrogens (primary N) is 1. The number of nitrogens with one attached hydrogen (secondary N) is 3. The largest absolute Gasteiger partial charge is 0.388 e. The molecule has 1 aliphatic rings. The van der Waals surface area contributed by atoms with Crippen molar-refractivity contribution in [2.75, 3.05) is 20.6 Å². The van der Waals surface area contributed by atoms with E-state index in [-0.39, 0.29) is 19.5 Å². The number of unbranched alkanes of at least 4 members (excludes halogenated alkanes) is 1. The van der Waals surface area contributed by atoms with E-state index in [9.17, 15) is 19.5 Å². The number of hydrogen-bond acceptors (Lipinski definition) is 8. The molecule has 0 spiro atoms. The van der Waals surface area contributed by atoms with Crippen molar-refractivity contribution in [3.05, 3.63) is 87.7 Å². The number of hydrogen-bond donors (Lipinski definition) is 5. The number of fused-ring (bicyclic) bond motifs is 3. The topological polar surface area (TPSA) is 157 Å². The fraction of sp³-hybridized carbons (Fsp3) is 0.405. The summed E-state index contributed by atoms with van der Waals surface area (Å²) < 4.78 is 0. The first-order chi connectivity index (χ1) is 24.3. The number of aromatic nitrogens is 2. The second-order valence-electron chi connectivity index (χ2n) is 13.4. The summed E-state index contributed by atoms with van der Waals surface area (Å²) in [4.78, 5) is 54.5. The normalized spacial score (nSPS) is 19.8. The van der Waals surface area contributed by atoms with Crippen LogP contribution in [0.3, 0.4) is 0 Å². The minimum atomic E-state index is -1.51. The number of H-pyrrole nitrogens is 1. The highest BCUT2D eigenvalue weighted by atomic mass is 35.5. The lowest BCUT2D eigenvalue weighted by molar-refractivity contribution is -0.151. The van der Waals surface area contributed by atoms with Crippen LogP contribution in [0.4, 0.5) is 0 Å². The number of aromatic amines is 1. The van der Waals surface area contributed by atoms with E-state index in [1.165, 1.54) is 21.6 Å². The van der Waals surface area contributed by atoms with Gasteiger partial charge in [0.05, 0.1) is 10.6 Å². The Hall–Kier alpha value is -3.65. The Morgan fingerprint density at radius 3 is 2.47 bits per heavy atom. The van der Waals surface area contributed by atoms with Gasteiger partial charge < -0.3 is 30.9 Å². The lowest BCUT2D eigenvalue weighted by Crippen LogP contribution is -2.61. The van der Waals surface area contributed by atoms with Crippen molar-refractivity contribution in [3.63, 3.8) is 0 Å². The van der Waals surface area contributed by atoms with E-state index in [2.05, 4.69) is 20.6 Å². The second-order valence-corrected chi connectivity index (χ2v) is 15.3. The highest BCUT2D eigenvalue weighted by Gasteiger charge is 2.41. The number of carbonyl (C=O) groups is 3. The molecule has 11 nitrogen and oxygen atoms in total. The summed E-state index contributed by atoms with van der Waals surface area (Å²) >= 11 is 14.6. The van der Waals surface area contributed by atoms with Crippen molar-refractivity contribution in [1.29, 1.82) is 0 Å². The molecule has 4 aromatic rings. The van der Waals surface area contributed by atoms with Crippen LogP contribution in [-0.2, 0) is 33.9 Å². The van der Waals surface area contributed by atoms with E-state index >= 15 is 0 Å². The third-order valence-electron chi connectivity index (χ3n) is 9.27. The van der Waals surface area contributed by atoms with Crippen molar-refractivity contribution in [2.45, 2.75) is 86.3 Å². The summed E-state index contributed by atoms with van der Waals surface area (Å²) in [5.41, 5.74) is 7.50. The maximum absolute atomic E-state index is 14.6. The molecule has 272 valence electrons. The van der Waals surface area contributed by atoms with Gasteiger partial charge in [0.15, 0.2) is 0 Å². The number of nitrogens with zero attached hydrogens (tertiary/aromatic N) is 3. The van der Waals surface area contributed by atoms with Gasteiger partial charge in [-0.25, -0.2) is 4.98 Å². The van der Waals surface area contributed by atoms with Gasteiger partial charge >= 0.3 is 0 Å². The quantitative estimate of drug-likeness (QED) is 0.167. The second kappa shape index (κ2) is 16.8. The lowest BCUT2D eigenvalue weighted by atomic mass is 9.95. The number of aliphatic hydroxyl groups is 1. The molecule has 2 aromatic carbocycles. The molecule has 0 bridgehead atoms. The molecule has 0 saturated heterocycles. The molecule has 0 unspecified atom stereocenters. The standard InChI is InChI=1S/C37H45Cl2N7O4S/c1-37(2,50)32-36(49)45(3)29(13-7-8-14-40)35(48)46(4)30(17-23-20-42-28-12-6-5-11-26(23)28)33(47)44-21-24-16-25(38)18-27(39)31(24)51-34-22(19-43-32)10-9-15-41-34/h5-6,9-12,15-16,18,20,29-30,32,42-43,50H,7-8,13-14,17,19,21,40H2,1-4H3,(H,44,47)/t29-,30-,32+/m0/s1. The number of amides is 3. The van der Waals surface area contributed by atoms with Crippen LogP contribution in [-0.4, -0.2) is 87.0 Å². The Kier molecular flexibility index (Phi) is 12.7. The number of para-hydroxylation sites is 1. The number of carbonyl (C=O) groups excluding carboxylic acids is 3. The number of likely N-dealkylation sites (N-methyl/N-ethyl adjacent to an activating group) is 2. The Labute approximate surface area is 312 Å². The zero-order chi connectivity index (χ0) is 36.9. The SMILES string of the molecule is CN1C(=O)[C@H](C(C)(C)O)NCc2cccnc2Sc2c(Cl)cc(Cl)cc2CNC(=O)[C@H](Cc2c[nH]c3ccccc23)N(C)C(=O)[C@@H]1CCCCN. The molecule has 5 rings (SSSR count). The molecule has 3 atom stereocenters. The summed E-state index contributed by atoms with van der Waals surface area (Å²) in [7, 11) is 3.16. The number of rotatable bonds is 7. The molecule has 1 aliphatic heterocycles. The van der Waals surface area contributed by atoms with Crippen LogP contribution in [0.15, 0.2) is 70.8 Å². The fourth-order valence-electron chi connectivity index (χ4n) is 6.38. The molecule has 3 heterocycles. The van der Waals surface area contributed by atoms with Crippen LogP contribution < -0.4 is 16.4 Å². The molecule has 14 heteroatoms. The first-order valence-electron chi connectivity index (χ1n) is 16.9. The predicted molar refractivity (Wildman–Crippen MR) is 202 cm³/mol. The van der Waals surface area contributed by atoms with E-state index < -0.39 is 41.4 Å². The van der Waals surface area contributed by atoms with Crippen LogP contribution in [0, 0.1) is 0 Å². The third-order valence-corrected chi connectivity index (χ3v) is 11.2. The van der Waals surface area contributed by atoms with E-state index in [1.807, 2.05) is 36.5 Å². The number of benzene rings is 2. The van der Waals surface area contributed by atoms with Crippen LogP contribution in [0.25, 0.3) is 10.9 Å². The minimum Gasteiger partial charge on any atom is -0.388 e. The Morgan fingerprint density at radius 1 is 0.980 bits per heavy atom. The van der Waals surface area contributed by atoms with Crippen LogP contribution in [0.5, 0.6) is 0 Å². The first-order valence-corrected chi connectivity index (χ1v) is 18.5. The van der Waals surface area contributed by atoms with Crippen molar-refractivity contribution >= 4 is 63.6 Å². The molecule has 51 heavy (non-hydrogen) atoms. The average Bonchev–Trinajstić information content (AvgIpc) is 3.50. The van der Waals surface area contributed by atoms with Gasteiger partial charge in [-0.2, -0.15) is 0 Å². The van der Waals surface area contributed by atoms with Crippen molar-refractivity contribution in [3.8, 4) is 0 Å². The summed E-state index contributed by atoms with van der Waals surface area (Å²) in [5.74, 6) is -1.26. The summed E-state index contributed by atoms with van der Waals surface area (Å²) in [6, 6.07) is 11.8. The zero-order valence-corrected chi connectivity index (χ0v) is 31.5. The van der Waals surface area contributed by atoms with Gasteiger partial charge in [-0.3, -0.25) is 19.7 Å². The highest BCUT2D eigenvalue weighted by molar-refractivity contribution is 7.99. The smallest absolute Gasteiger partial charge is 0.245 e. The molecule has 3 amide bonds. The van der Waals surface area contributed by atoms with Crippen LogP contribution in [0.1, 0.15) is 49.8 Å². The van der Waals surface area contributed by atoms with Crippen LogP contribution >= 0.6 is 35.0 Å². The van der Waals surface area contributed by atoms with E-state index in [0.29, 0.717) is 51.3 Å². The summed E-state index contributed by atoms with van der Waals surface area (Å²) in [6.07, 6.45) is 5.25. The van der Waals surface area contributed by atoms with Gasteiger partial charge in [0.1, 0.15) is 23.2 Å². The monoisotopic (exact) mass is 753 g/mol. The summed E-state index contributed by atoms with van der Waals surface area (Å²) in [6.45, 7) is 3.79. The van der Waals surface area contributed by atoms with Crippen molar-refractivity contribution in [1.82, 2.24) is 30.4 Å². The summed E-state index contributed by atoms with van der Waals surface area (Å²) in [5, 5.41) is 19.9. The van der Waals surface area contributed by atoms with Crippen LogP contribution in [0.2, 0.25) is 10.0 Å². The van der Waals surface area contributed by atoms with Crippen molar-refractivity contribution in [2.24, 2.45) is 5.73 Å². The molecule has 0 aliphatic carbocycles.